The van der Waals surface area contributed by atoms with Crippen molar-refractivity contribution in [2.75, 3.05) is 37.7 Å². The molecule has 7 rings (SSSR count). The minimum atomic E-state index is -1.18. The molecule has 4 heterocycles. The number of nitrogens with zero attached hydrogens (tertiary/aromatic N) is 5. The second kappa shape index (κ2) is 16.3. The minimum absolute atomic E-state index is 0.0476. The summed E-state index contributed by atoms with van der Waals surface area (Å²) < 4.78 is 20.1. The normalized spacial score (nSPS) is 18.2. The quantitative estimate of drug-likeness (QED) is 0.0990. The van der Waals surface area contributed by atoms with Crippen LogP contribution in [0.2, 0.25) is 25.7 Å². The molecule has 0 spiro atoms. The monoisotopic (exact) mass is 765 g/mol. The Hall–Kier alpha value is -3.89. The Labute approximate surface area is 329 Å². The SMILES string of the molecule is CC(C)(C)OC(=O)N1CCC(Cc2ccc(CC3CCN(c4cc(-c5nn(COCC[Si](C)(C)C)c6ccc(OC7(C)CC7)cc56)ccn4)CC3)cc2)CC1. The van der Waals surface area contributed by atoms with E-state index in [-0.39, 0.29) is 11.7 Å². The van der Waals surface area contributed by atoms with Crippen molar-refractivity contribution in [3.8, 4) is 17.0 Å². The number of ether oxygens (including phenoxy) is 3. The van der Waals surface area contributed by atoms with E-state index in [2.05, 4.69) is 86.1 Å². The number of anilines is 1. The molecule has 1 saturated carbocycles. The fraction of sp³-hybridized carbons (Fsp3) is 0.578. The van der Waals surface area contributed by atoms with Crippen LogP contribution in [0, 0.1) is 11.8 Å². The maximum atomic E-state index is 12.5. The first-order valence-electron chi connectivity index (χ1n) is 20.7. The summed E-state index contributed by atoms with van der Waals surface area (Å²) >= 11 is 0. The number of rotatable bonds is 13. The van der Waals surface area contributed by atoms with Crippen molar-refractivity contribution in [1.82, 2.24) is 19.7 Å². The maximum Gasteiger partial charge on any atom is 0.410 e. The Balaban J connectivity index is 0.943. The molecule has 0 radical (unpaired) electrons. The van der Waals surface area contributed by atoms with Crippen molar-refractivity contribution < 1.29 is 19.0 Å². The van der Waals surface area contributed by atoms with Crippen molar-refractivity contribution in [3.63, 3.8) is 0 Å². The number of likely N-dealkylation sites (tertiary alicyclic amines) is 1. The third kappa shape index (κ3) is 10.7. The van der Waals surface area contributed by atoms with Crippen LogP contribution >= 0.6 is 0 Å². The summed E-state index contributed by atoms with van der Waals surface area (Å²) in [6.07, 6.45) is 10.5. The molecular weight excluding hydrogens is 703 g/mol. The van der Waals surface area contributed by atoms with E-state index in [4.69, 9.17) is 24.3 Å². The molecule has 3 aliphatic rings. The highest BCUT2D eigenvalue weighted by atomic mass is 28.3. The molecule has 2 saturated heterocycles. The fourth-order valence-electron chi connectivity index (χ4n) is 7.85. The molecule has 3 fully saturated rings. The predicted molar refractivity (Wildman–Crippen MR) is 225 cm³/mol. The van der Waals surface area contributed by atoms with Crippen LogP contribution in [0.1, 0.15) is 77.3 Å². The molecule has 0 atom stereocenters. The fourth-order valence-corrected chi connectivity index (χ4v) is 8.61. The molecule has 1 amide bonds. The van der Waals surface area contributed by atoms with Gasteiger partial charge >= 0.3 is 6.09 Å². The summed E-state index contributed by atoms with van der Waals surface area (Å²) in [4.78, 5) is 21.6. The summed E-state index contributed by atoms with van der Waals surface area (Å²) in [5.74, 6) is 3.19. The van der Waals surface area contributed by atoms with Crippen LogP contribution in [-0.2, 0) is 29.0 Å². The number of hydrogen-bond acceptors (Lipinski definition) is 7. The Morgan fingerprint density at radius 3 is 2.11 bits per heavy atom. The van der Waals surface area contributed by atoms with Crippen LogP contribution in [0.5, 0.6) is 5.75 Å². The molecule has 0 unspecified atom stereocenters. The number of piperidine rings is 2. The molecule has 0 bridgehead atoms. The third-order valence-corrected chi connectivity index (χ3v) is 13.2. The van der Waals surface area contributed by atoms with Crippen LogP contribution in [0.4, 0.5) is 10.6 Å². The zero-order valence-electron chi connectivity index (χ0n) is 34.4. The Bertz CT molecular complexity index is 1910. The number of amides is 1. The molecule has 1 aliphatic carbocycles. The Morgan fingerprint density at radius 1 is 0.873 bits per heavy atom. The van der Waals surface area contributed by atoms with Crippen LogP contribution < -0.4 is 9.64 Å². The predicted octanol–water partition coefficient (Wildman–Crippen LogP) is 9.99. The van der Waals surface area contributed by atoms with Crippen molar-refractivity contribution >= 4 is 30.9 Å². The van der Waals surface area contributed by atoms with E-state index in [1.165, 1.54) is 11.1 Å². The van der Waals surface area contributed by atoms with Gasteiger partial charge in [-0.25, -0.2) is 14.5 Å². The average molecular weight is 766 g/mol. The van der Waals surface area contributed by atoms with Gasteiger partial charge in [-0.05, 0) is 138 Å². The van der Waals surface area contributed by atoms with E-state index in [9.17, 15) is 4.79 Å². The molecular formula is C45H63N5O4Si. The highest BCUT2D eigenvalue weighted by molar-refractivity contribution is 6.76. The molecule has 2 aromatic carbocycles. The molecule has 0 N–H and O–H groups in total. The second-order valence-electron chi connectivity index (χ2n) is 18.9. The molecule has 4 aromatic rings. The number of aromatic nitrogens is 3. The molecule has 2 aromatic heterocycles. The smallest absolute Gasteiger partial charge is 0.410 e. The van der Waals surface area contributed by atoms with E-state index in [1.807, 2.05) is 36.5 Å². The van der Waals surface area contributed by atoms with E-state index >= 15 is 0 Å². The van der Waals surface area contributed by atoms with Gasteiger partial charge in [-0.15, -0.1) is 0 Å². The van der Waals surface area contributed by atoms with E-state index in [1.54, 1.807) is 0 Å². The van der Waals surface area contributed by atoms with E-state index in [0.29, 0.717) is 18.6 Å². The van der Waals surface area contributed by atoms with Crippen LogP contribution in [0.15, 0.2) is 60.8 Å². The highest BCUT2D eigenvalue weighted by Crippen LogP contribution is 2.41. The second-order valence-corrected chi connectivity index (χ2v) is 24.5. The highest BCUT2D eigenvalue weighted by Gasteiger charge is 2.40. The zero-order valence-corrected chi connectivity index (χ0v) is 35.4. The largest absolute Gasteiger partial charge is 0.488 e. The Kier molecular flexibility index (Phi) is 11.7. The molecule has 296 valence electrons. The minimum Gasteiger partial charge on any atom is -0.488 e. The van der Waals surface area contributed by atoms with Gasteiger partial charge in [0, 0.05) is 58.0 Å². The van der Waals surface area contributed by atoms with Crippen molar-refractivity contribution in [3.05, 3.63) is 71.9 Å². The van der Waals surface area contributed by atoms with Gasteiger partial charge in [-0.2, -0.15) is 5.10 Å². The van der Waals surface area contributed by atoms with Crippen LogP contribution in [0.3, 0.4) is 0 Å². The van der Waals surface area contributed by atoms with Gasteiger partial charge in [-0.3, -0.25) is 0 Å². The number of carbonyl (C=O) groups is 1. The van der Waals surface area contributed by atoms with Crippen LogP contribution in [0.25, 0.3) is 22.2 Å². The zero-order chi connectivity index (χ0) is 38.8. The lowest BCUT2D eigenvalue weighted by molar-refractivity contribution is 0.0184. The summed E-state index contributed by atoms with van der Waals surface area (Å²) in [6, 6.07) is 21.1. The van der Waals surface area contributed by atoms with E-state index < -0.39 is 13.7 Å². The van der Waals surface area contributed by atoms with Gasteiger partial charge in [0.05, 0.1) is 5.52 Å². The van der Waals surface area contributed by atoms with E-state index in [0.717, 1.165) is 124 Å². The van der Waals surface area contributed by atoms with Crippen molar-refractivity contribution in [1.29, 1.82) is 0 Å². The first-order valence-corrected chi connectivity index (χ1v) is 24.4. The molecule has 9 nitrogen and oxygen atoms in total. The van der Waals surface area contributed by atoms with Gasteiger partial charge < -0.3 is 24.0 Å². The lowest BCUT2D eigenvalue weighted by atomic mass is 9.88. The van der Waals surface area contributed by atoms with Gasteiger partial charge in [0.25, 0.3) is 0 Å². The Morgan fingerprint density at radius 2 is 1.51 bits per heavy atom. The van der Waals surface area contributed by atoms with Crippen molar-refractivity contribution in [2.45, 2.75) is 123 Å². The first kappa shape index (κ1) is 39.3. The lowest BCUT2D eigenvalue weighted by Gasteiger charge is -2.33. The van der Waals surface area contributed by atoms with Crippen LogP contribution in [-0.4, -0.2) is 77.8 Å². The summed E-state index contributed by atoms with van der Waals surface area (Å²) in [7, 11) is -1.18. The molecule has 55 heavy (non-hydrogen) atoms. The van der Waals surface area contributed by atoms with Gasteiger partial charge in [0.2, 0.25) is 0 Å². The topological polar surface area (TPSA) is 82.0 Å². The number of fused-ring (bicyclic) bond motifs is 1. The summed E-state index contributed by atoms with van der Waals surface area (Å²) in [5.41, 5.74) is 5.40. The molecule has 10 heteroatoms. The summed E-state index contributed by atoms with van der Waals surface area (Å²) in [5, 5.41) is 6.22. The first-order chi connectivity index (χ1) is 26.2. The lowest BCUT2D eigenvalue weighted by Crippen LogP contribution is -2.42. The number of benzene rings is 2. The molecule has 2 aliphatic heterocycles. The van der Waals surface area contributed by atoms with Gasteiger partial charge in [0.15, 0.2) is 0 Å². The van der Waals surface area contributed by atoms with Gasteiger partial charge in [0.1, 0.15) is 35.2 Å². The van der Waals surface area contributed by atoms with Gasteiger partial charge in [-0.1, -0.05) is 43.9 Å². The summed E-state index contributed by atoms with van der Waals surface area (Å²) in [6.45, 7) is 19.9. The average Bonchev–Trinajstić information content (AvgIpc) is 3.76. The number of hydrogen-bond donors (Lipinski definition) is 0. The maximum absolute atomic E-state index is 12.5. The third-order valence-electron chi connectivity index (χ3n) is 11.5. The number of pyridine rings is 1. The number of carbonyl (C=O) groups excluding carboxylic acids is 1. The standard InChI is InChI=1S/C45H63N5O4Si/c1-44(2,3)54-43(51)49-24-17-36(18-25-49)29-34-10-8-33(9-11-34)28-35-15-22-48(23-16-35)41-30-37(14-21-46-41)42-39-31-38(53-45(4)19-20-45)12-13-40(39)50(47-42)32-52-26-27-55(5,6)7/h8-14,21,30-31,35-36H,15-20,22-29,32H2,1-7H3. The van der Waals surface area contributed by atoms with Crippen molar-refractivity contribution in [2.24, 2.45) is 11.8 Å².